The minimum Gasteiger partial charge on any atom is -0.571 e. The molecule has 0 spiro atoms. The third-order valence-electron chi connectivity index (χ3n) is 7.40. The van der Waals surface area contributed by atoms with E-state index in [2.05, 4.69) is 4.74 Å². The molecule has 2 aromatic rings. The summed E-state index contributed by atoms with van der Waals surface area (Å²) in [5.41, 5.74) is 0.471. The highest BCUT2D eigenvalue weighted by Gasteiger charge is 2.47. The van der Waals surface area contributed by atoms with Crippen LogP contribution >= 0.6 is 0 Å². The van der Waals surface area contributed by atoms with E-state index in [1.54, 1.807) is 0 Å². The molecule has 0 aromatic heterocycles. The molecule has 11 N–H and O–H groups in total. The summed E-state index contributed by atoms with van der Waals surface area (Å²) in [6.45, 7) is 0.774. The van der Waals surface area contributed by atoms with E-state index >= 15 is 0 Å². The maximum absolute atomic E-state index is 10.6. The highest BCUT2D eigenvalue weighted by atomic mass is 16.7. The first-order valence-electron chi connectivity index (χ1n) is 13.0. The number of phenolic OH excluding ortho intramolecular Hbond substituents is 3. The largest absolute Gasteiger partial charge is 0.571 e. The molecule has 2 saturated heterocycles. The molecule has 3 heterocycles. The standard InChI is InChI=1S/C27H32O15/c1-9-19(32)21(34)23(36)26(38-9)41-17-7-12-15(39-25(17)10-2-3-13(30)14(31)4-10)5-11(29)6-16(12)40-27-24(37)22(35)20(33)18(8-28)42-27/h2-7,9,18-37H,8H2,1H3/p+1. The van der Waals surface area contributed by atoms with Crippen LogP contribution in [0.3, 0.4) is 0 Å². The third kappa shape index (κ3) is 5.54. The van der Waals surface area contributed by atoms with E-state index in [1.807, 2.05) is 0 Å². The Labute approximate surface area is 238 Å². The molecular formula is C27H33O15+. The predicted octanol–water partition coefficient (Wildman–Crippen LogP) is -1.84. The summed E-state index contributed by atoms with van der Waals surface area (Å²) >= 11 is 0. The van der Waals surface area contributed by atoms with Gasteiger partial charge < -0.3 is 74.7 Å². The second-order valence-corrected chi connectivity index (χ2v) is 10.3. The number of aliphatic hydroxyl groups excluding tert-OH is 7. The second-order valence-electron chi connectivity index (χ2n) is 10.3. The van der Waals surface area contributed by atoms with Crippen molar-refractivity contribution in [2.45, 2.75) is 74.4 Å². The number of fused-ring (bicyclic) bond motifs is 1. The molecule has 5 rings (SSSR count). The van der Waals surface area contributed by atoms with Crippen LogP contribution in [0, 0.1) is 0 Å². The molecule has 0 bridgehead atoms. The number of aromatic hydroxyl groups is 4. The van der Waals surface area contributed by atoms with Crippen molar-refractivity contribution in [3.63, 3.8) is 0 Å². The molecule has 0 saturated carbocycles. The zero-order valence-corrected chi connectivity index (χ0v) is 22.1. The molecule has 230 valence electrons. The summed E-state index contributed by atoms with van der Waals surface area (Å²) < 4.78 is 27.3. The molecule has 3 aliphatic heterocycles. The van der Waals surface area contributed by atoms with Crippen LogP contribution < -0.4 is 4.74 Å². The topological polar surface area (TPSA) is 252 Å². The Morgan fingerprint density at radius 3 is 2.10 bits per heavy atom. The second kappa shape index (κ2) is 11.7. The summed E-state index contributed by atoms with van der Waals surface area (Å²) in [6, 6.07) is 6.32. The lowest BCUT2D eigenvalue weighted by molar-refractivity contribution is -0.287. The van der Waals surface area contributed by atoms with E-state index in [0.29, 0.717) is 5.56 Å². The van der Waals surface area contributed by atoms with Gasteiger partial charge in [-0.05, 0) is 25.1 Å². The van der Waals surface area contributed by atoms with Crippen LogP contribution in [0.25, 0.3) is 6.08 Å². The van der Waals surface area contributed by atoms with Gasteiger partial charge in [-0.2, -0.15) is 0 Å². The first-order chi connectivity index (χ1) is 19.9. The zero-order valence-electron chi connectivity index (χ0n) is 22.1. The molecule has 0 amide bonds. The first kappa shape index (κ1) is 30.1. The van der Waals surface area contributed by atoms with Gasteiger partial charge in [0.1, 0.15) is 59.8 Å². The van der Waals surface area contributed by atoms with E-state index in [0.717, 1.165) is 6.07 Å². The van der Waals surface area contributed by atoms with E-state index < -0.39 is 85.6 Å². The lowest BCUT2D eigenvalue weighted by Crippen LogP contribution is -2.60. The van der Waals surface area contributed by atoms with E-state index in [1.165, 1.54) is 37.3 Å². The van der Waals surface area contributed by atoms with Crippen molar-refractivity contribution in [2.24, 2.45) is 0 Å². The molecule has 15 nitrogen and oxygen atoms in total. The SMILES string of the molecule is CC1OC(OC2=Cc3c(OC4OC(CO)C(O)C(O)C4O)cc(O)cc3[OH+]C2c2ccc(O)c(O)c2)C(O)C(O)C1O. The lowest BCUT2D eigenvalue weighted by Gasteiger charge is -2.40. The molecule has 0 radical (unpaired) electrons. The number of phenols is 3. The summed E-state index contributed by atoms with van der Waals surface area (Å²) in [6.07, 6.45) is -14.7. The Bertz CT molecular complexity index is 1310. The van der Waals surface area contributed by atoms with Crippen LogP contribution in [-0.4, -0.2) is 124 Å². The number of ether oxygens (including phenoxy) is 5. The fourth-order valence-corrected chi connectivity index (χ4v) is 4.95. The van der Waals surface area contributed by atoms with Gasteiger partial charge in [0, 0.05) is 12.1 Å². The maximum Gasteiger partial charge on any atom is 0.270 e. The minimum absolute atomic E-state index is 0.0169. The predicted molar refractivity (Wildman–Crippen MR) is 138 cm³/mol. The number of benzene rings is 2. The Hall–Kier alpha value is -3.38. The molecule has 2 fully saturated rings. The van der Waals surface area contributed by atoms with Crippen LogP contribution in [0.15, 0.2) is 36.1 Å². The third-order valence-corrected chi connectivity index (χ3v) is 7.40. The van der Waals surface area contributed by atoms with Crippen molar-refractivity contribution < 1.29 is 74.7 Å². The summed E-state index contributed by atoms with van der Waals surface area (Å²) in [7, 11) is 0. The van der Waals surface area contributed by atoms with Gasteiger partial charge in [0.25, 0.3) is 11.9 Å². The smallest absolute Gasteiger partial charge is 0.270 e. The Morgan fingerprint density at radius 2 is 1.43 bits per heavy atom. The first-order valence-corrected chi connectivity index (χ1v) is 13.0. The molecule has 11 atom stereocenters. The average Bonchev–Trinajstić information content (AvgIpc) is 2.96. The maximum atomic E-state index is 10.6. The summed E-state index contributed by atoms with van der Waals surface area (Å²) in [4.78, 5) is 0. The van der Waals surface area contributed by atoms with Crippen LogP contribution in [0.2, 0.25) is 0 Å². The Morgan fingerprint density at radius 1 is 0.762 bits per heavy atom. The van der Waals surface area contributed by atoms with Crippen molar-refractivity contribution in [2.75, 3.05) is 6.61 Å². The van der Waals surface area contributed by atoms with Gasteiger partial charge in [-0.3, -0.25) is 0 Å². The number of rotatable bonds is 6. The fraction of sp³-hybridized carbons (Fsp3) is 0.481. The van der Waals surface area contributed by atoms with Gasteiger partial charge >= 0.3 is 0 Å². The molecule has 11 unspecified atom stereocenters. The highest BCUT2D eigenvalue weighted by molar-refractivity contribution is 5.70. The van der Waals surface area contributed by atoms with Gasteiger partial charge in [-0.25, -0.2) is 0 Å². The van der Waals surface area contributed by atoms with Crippen molar-refractivity contribution in [3.8, 4) is 28.7 Å². The van der Waals surface area contributed by atoms with Gasteiger partial charge in [0.15, 0.2) is 17.3 Å². The van der Waals surface area contributed by atoms with Gasteiger partial charge in [0.2, 0.25) is 12.6 Å². The van der Waals surface area contributed by atoms with Crippen LogP contribution in [0.1, 0.15) is 24.2 Å². The van der Waals surface area contributed by atoms with Crippen molar-refractivity contribution in [1.82, 2.24) is 0 Å². The normalized spacial score (nSPS) is 36.4. The van der Waals surface area contributed by atoms with E-state index in [-0.39, 0.29) is 28.6 Å². The van der Waals surface area contributed by atoms with Gasteiger partial charge in [-0.15, -0.1) is 0 Å². The molecule has 42 heavy (non-hydrogen) atoms. The highest BCUT2D eigenvalue weighted by Crippen LogP contribution is 2.47. The number of hydrogen-bond donors (Lipinski definition) is 10. The number of hydrogen-bond acceptors (Lipinski definition) is 14. The summed E-state index contributed by atoms with van der Waals surface area (Å²) in [5.74, 6) is -1.19. The van der Waals surface area contributed by atoms with Gasteiger partial charge in [0.05, 0.1) is 24.3 Å². The lowest BCUT2D eigenvalue weighted by atomic mass is 9.98. The van der Waals surface area contributed by atoms with Crippen molar-refractivity contribution >= 4 is 6.08 Å². The zero-order chi connectivity index (χ0) is 30.5. The quantitative estimate of drug-likeness (QED) is 0.130. The Kier molecular flexibility index (Phi) is 8.39. The summed E-state index contributed by atoms with van der Waals surface area (Å²) in [5, 5.41) is 102. The monoisotopic (exact) mass is 597 g/mol. The molecule has 0 aliphatic carbocycles. The van der Waals surface area contributed by atoms with Crippen LogP contribution in [0.5, 0.6) is 28.7 Å². The fourth-order valence-electron chi connectivity index (χ4n) is 4.95. The molecule has 15 heteroatoms. The minimum atomic E-state index is -1.76. The van der Waals surface area contributed by atoms with Gasteiger partial charge in [-0.1, -0.05) is 0 Å². The average molecular weight is 598 g/mol. The molecular weight excluding hydrogens is 564 g/mol. The van der Waals surface area contributed by atoms with E-state index in [9.17, 15) is 51.1 Å². The van der Waals surface area contributed by atoms with Crippen LogP contribution in [0.4, 0.5) is 0 Å². The molecule has 2 aromatic carbocycles. The van der Waals surface area contributed by atoms with Crippen molar-refractivity contribution in [1.29, 1.82) is 0 Å². The van der Waals surface area contributed by atoms with Crippen molar-refractivity contribution in [3.05, 3.63) is 47.2 Å². The number of aliphatic hydroxyl groups is 8. The molecule has 3 aliphatic rings. The van der Waals surface area contributed by atoms with Crippen LogP contribution in [-0.2, 0) is 14.2 Å². The van der Waals surface area contributed by atoms with E-state index in [4.69, 9.17) is 18.9 Å². The Balaban J connectivity index is 1.54.